The minimum atomic E-state index is 0.0510. The molecule has 0 saturated carbocycles. The SMILES string of the molecule is Cc1ccc(B2c3oc4nc(C)ccc4c3C=CN2C)[n+](C)c1. The number of pyridine rings is 2. The van der Waals surface area contributed by atoms with E-state index in [4.69, 9.17) is 4.42 Å². The van der Waals surface area contributed by atoms with Crippen LogP contribution in [0.1, 0.15) is 16.8 Å². The number of fused-ring (bicyclic) bond motifs is 3. The first-order valence-corrected chi connectivity index (χ1v) is 7.81. The normalized spacial score (nSPS) is 13.7. The Kier molecular flexibility index (Phi) is 3.05. The number of rotatable bonds is 1. The fourth-order valence-corrected chi connectivity index (χ4v) is 3.33. The summed E-state index contributed by atoms with van der Waals surface area (Å²) in [7, 11) is 4.16. The number of hydrogen-bond acceptors (Lipinski definition) is 3. The van der Waals surface area contributed by atoms with E-state index in [9.17, 15) is 0 Å². The highest BCUT2D eigenvalue weighted by molar-refractivity contribution is 6.82. The Morgan fingerprint density at radius 2 is 2.00 bits per heavy atom. The summed E-state index contributed by atoms with van der Waals surface area (Å²) >= 11 is 0. The largest absolute Gasteiger partial charge is 0.449 e. The second-order valence-corrected chi connectivity index (χ2v) is 6.31. The molecule has 0 N–H and O–H groups in total. The molecule has 23 heavy (non-hydrogen) atoms. The first kappa shape index (κ1) is 14.1. The molecule has 0 aliphatic carbocycles. The van der Waals surface area contributed by atoms with Gasteiger partial charge >= 0.3 is 6.85 Å². The van der Waals surface area contributed by atoms with Crippen LogP contribution in [0.25, 0.3) is 17.2 Å². The molecule has 0 unspecified atom stereocenters. The maximum Gasteiger partial charge on any atom is 0.443 e. The van der Waals surface area contributed by atoms with Crippen molar-refractivity contribution < 1.29 is 8.98 Å². The monoisotopic (exact) mass is 304 g/mol. The minimum Gasteiger partial charge on any atom is -0.449 e. The van der Waals surface area contributed by atoms with E-state index in [0.29, 0.717) is 0 Å². The van der Waals surface area contributed by atoms with Gasteiger partial charge < -0.3 is 9.23 Å². The van der Waals surface area contributed by atoms with Crippen molar-refractivity contribution in [2.24, 2.45) is 7.05 Å². The summed E-state index contributed by atoms with van der Waals surface area (Å²) in [5.74, 6) is 0. The zero-order chi connectivity index (χ0) is 16.1. The lowest BCUT2D eigenvalue weighted by Crippen LogP contribution is -2.65. The zero-order valence-electron chi connectivity index (χ0n) is 13.9. The number of furan rings is 1. The first-order chi connectivity index (χ1) is 11.0. The van der Waals surface area contributed by atoms with Crippen LogP contribution in [0.15, 0.2) is 41.1 Å². The van der Waals surface area contributed by atoms with Gasteiger partial charge in [0, 0.05) is 22.2 Å². The van der Waals surface area contributed by atoms with Gasteiger partial charge in [-0.15, -0.1) is 0 Å². The van der Waals surface area contributed by atoms with Gasteiger partial charge in [0.15, 0.2) is 11.8 Å². The third kappa shape index (κ3) is 2.15. The van der Waals surface area contributed by atoms with Crippen LogP contribution >= 0.6 is 0 Å². The molecule has 1 aliphatic heterocycles. The first-order valence-electron chi connectivity index (χ1n) is 7.81. The van der Waals surface area contributed by atoms with Crippen LogP contribution in [-0.4, -0.2) is 23.7 Å². The van der Waals surface area contributed by atoms with Crippen LogP contribution in [-0.2, 0) is 7.05 Å². The lowest BCUT2D eigenvalue weighted by atomic mass is 9.52. The number of aromatic nitrogens is 2. The van der Waals surface area contributed by atoms with Gasteiger partial charge in [-0.05, 0) is 57.4 Å². The van der Waals surface area contributed by atoms with Crippen molar-refractivity contribution in [3.63, 3.8) is 0 Å². The molecule has 3 aromatic rings. The van der Waals surface area contributed by atoms with Gasteiger partial charge in [-0.1, -0.05) is 0 Å². The molecule has 4 rings (SSSR count). The predicted molar refractivity (Wildman–Crippen MR) is 92.9 cm³/mol. The van der Waals surface area contributed by atoms with Gasteiger partial charge in [0.25, 0.3) is 0 Å². The molecule has 0 radical (unpaired) electrons. The van der Waals surface area contributed by atoms with Crippen molar-refractivity contribution in [3.05, 3.63) is 53.5 Å². The minimum absolute atomic E-state index is 0.0510. The lowest BCUT2D eigenvalue weighted by Gasteiger charge is -2.23. The van der Waals surface area contributed by atoms with E-state index >= 15 is 0 Å². The van der Waals surface area contributed by atoms with Gasteiger partial charge in [0.05, 0.1) is 0 Å². The van der Waals surface area contributed by atoms with Crippen LogP contribution in [0.4, 0.5) is 0 Å². The van der Waals surface area contributed by atoms with E-state index in [1.165, 1.54) is 11.2 Å². The van der Waals surface area contributed by atoms with Crippen molar-refractivity contribution in [3.8, 4) is 0 Å². The summed E-state index contributed by atoms with van der Waals surface area (Å²) in [6, 6.07) is 8.45. The van der Waals surface area contributed by atoms with E-state index in [-0.39, 0.29) is 6.85 Å². The Hall–Kier alpha value is -2.56. The van der Waals surface area contributed by atoms with Crippen molar-refractivity contribution in [1.29, 1.82) is 0 Å². The van der Waals surface area contributed by atoms with E-state index in [0.717, 1.165) is 28.0 Å². The average Bonchev–Trinajstić information content (AvgIpc) is 2.85. The number of hydrogen-bond donors (Lipinski definition) is 0. The molecule has 5 heteroatoms. The second kappa shape index (κ2) is 4.98. The lowest BCUT2D eigenvalue weighted by molar-refractivity contribution is -0.654. The highest BCUT2D eigenvalue weighted by atomic mass is 16.3. The maximum absolute atomic E-state index is 6.18. The molecule has 114 valence electrons. The molecule has 4 heterocycles. The van der Waals surface area contributed by atoms with Gasteiger partial charge in [-0.3, -0.25) is 0 Å². The van der Waals surface area contributed by atoms with Crippen molar-refractivity contribution in [2.75, 3.05) is 7.05 Å². The number of nitrogens with zero attached hydrogens (tertiary/aromatic N) is 3. The van der Waals surface area contributed by atoms with E-state index in [1.807, 2.05) is 13.0 Å². The van der Waals surface area contributed by atoms with Crippen LogP contribution in [0, 0.1) is 13.8 Å². The summed E-state index contributed by atoms with van der Waals surface area (Å²) in [6.45, 7) is 4.14. The molecule has 0 saturated heterocycles. The van der Waals surface area contributed by atoms with Crippen LogP contribution in [0.5, 0.6) is 0 Å². The Morgan fingerprint density at radius 3 is 2.78 bits per heavy atom. The quantitative estimate of drug-likeness (QED) is 0.502. The Labute approximate surface area is 136 Å². The molecule has 0 atom stereocenters. The average molecular weight is 304 g/mol. The molecule has 1 aliphatic rings. The van der Waals surface area contributed by atoms with Crippen molar-refractivity contribution in [1.82, 2.24) is 9.79 Å². The van der Waals surface area contributed by atoms with Crippen molar-refractivity contribution in [2.45, 2.75) is 13.8 Å². The van der Waals surface area contributed by atoms with Gasteiger partial charge in [-0.2, -0.15) is 0 Å². The smallest absolute Gasteiger partial charge is 0.443 e. The highest BCUT2D eigenvalue weighted by Crippen LogP contribution is 2.23. The third-order valence-electron chi connectivity index (χ3n) is 4.50. The molecule has 0 fully saturated rings. The second-order valence-electron chi connectivity index (χ2n) is 6.31. The van der Waals surface area contributed by atoms with Crippen molar-refractivity contribution >= 4 is 35.3 Å². The molecular formula is C18H19BN3O+. The summed E-state index contributed by atoms with van der Waals surface area (Å²) in [5.41, 5.74) is 6.22. The highest BCUT2D eigenvalue weighted by Gasteiger charge is 2.39. The molecule has 3 aromatic heterocycles. The Balaban J connectivity index is 1.95. The van der Waals surface area contributed by atoms with Crippen LogP contribution in [0.3, 0.4) is 0 Å². The molecule has 4 nitrogen and oxygen atoms in total. The predicted octanol–water partition coefficient (Wildman–Crippen LogP) is 1.29. The molecule has 0 amide bonds. The Bertz CT molecular complexity index is 945. The van der Waals surface area contributed by atoms with E-state index in [1.54, 1.807) is 0 Å². The molecule has 0 bridgehead atoms. The van der Waals surface area contributed by atoms with Gasteiger partial charge in [0.2, 0.25) is 5.71 Å². The molecular weight excluding hydrogens is 285 g/mol. The zero-order valence-corrected chi connectivity index (χ0v) is 13.9. The summed E-state index contributed by atoms with van der Waals surface area (Å²) in [4.78, 5) is 6.73. The maximum atomic E-state index is 6.18. The summed E-state index contributed by atoms with van der Waals surface area (Å²) in [6.07, 6.45) is 6.37. The number of aryl methyl sites for hydroxylation is 3. The summed E-state index contributed by atoms with van der Waals surface area (Å²) < 4.78 is 8.35. The van der Waals surface area contributed by atoms with Crippen LogP contribution in [0.2, 0.25) is 0 Å². The van der Waals surface area contributed by atoms with Crippen LogP contribution < -0.4 is 15.8 Å². The molecule has 0 spiro atoms. The standard InChI is InChI=1S/C18H19BN3O/c1-12-5-8-16(21(3)11-12)19-17-14(9-10-22(19)4)15-7-6-13(2)20-18(15)23-17/h5-11H,1-4H3/q+1. The van der Waals surface area contributed by atoms with Gasteiger partial charge in [0.1, 0.15) is 12.7 Å². The van der Waals surface area contributed by atoms with E-state index in [2.05, 4.69) is 72.1 Å². The topological polar surface area (TPSA) is 33.2 Å². The van der Waals surface area contributed by atoms with Gasteiger partial charge in [-0.25, -0.2) is 9.55 Å². The van der Waals surface area contributed by atoms with E-state index < -0.39 is 0 Å². The Morgan fingerprint density at radius 1 is 1.17 bits per heavy atom. The third-order valence-corrected chi connectivity index (χ3v) is 4.50. The molecule has 0 aromatic carbocycles. The fraction of sp³-hybridized carbons (Fsp3) is 0.222. The summed E-state index contributed by atoms with van der Waals surface area (Å²) in [5, 5.41) is 1.08. The fourth-order valence-electron chi connectivity index (χ4n) is 3.33.